The van der Waals surface area contributed by atoms with Gasteiger partial charge in [-0.05, 0) is 35.9 Å². The van der Waals surface area contributed by atoms with Gasteiger partial charge in [-0.3, -0.25) is 10.1 Å². The average Bonchev–Trinajstić information content (AvgIpc) is 3.11. The Balaban J connectivity index is 1.85. The summed E-state index contributed by atoms with van der Waals surface area (Å²) in [5.41, 5.74) is 3.83. The zero-order valence-electron chi connectivity index (χ0n) is 16.1. The van der Waals surface area contributed by atoms with Crippen LogP contribution < -0.4 is 10.1 Å². The lowest BCUT2D eigenvalue weighted by molar-refractivity contribution is 0.0967. The van der Waals surface area contributed by atoms with Gasteiger partial charge in [-0.2, -0.15) is 5.26 Å². The molecule has 4 rings (SSSR count). The fourth-order valence-electron chi connectivity index (χ4n) is 3.41. The van der Waals surface area contributed by atoms with Crippen LogP contribution >= 0.6 is 11.6 Å². The summed E-state index contributed by atoms with van der Waals surface area (Å²) in [5, 5.41) is 12.3. The maximum Gasteiger partial charge on any atom is 0.282 e. The number of nitrogens with one attached hydrogen (secondary N) is 1. The van der Waals surface area contributed by atoms with E-state index in [0.717, 1.165) is 22.2 Å². The molecule has 2 aromatic carbocycles. The normalized spacial score (nSPS) is 10.6. The lowest BCUT2D eigenvalue weighted by Crippen LogP contribution is -2.19. The van der Waals surface area contributed by atoms with E-state index >= 15 is 0 Å². The number of fused-ring (bicyclic) bond motifs is 1. The molecular weight excluding hydrogens is 400 g/mol. The minimum Gasteiger partial charge on any atom is -0.495 e. The molecular formula is C23H17ClN4O2. The van der Waals surface area contributed by atoms with E-state index < -0.39 is 5.91 Å². The van der Waals surface area contributed by atoms with Crippen LogP contribution in [0.4, 0.5) is 0 Å². The molecule has 2 heterocycles. The summed E-state index contributed by atoms with van der Waals surface area (Å²) in [6.07, 6.45) is 1.63. The Morgan fingerprint density at radius 2 is 1.97 bits per heavy atom. The van der Waals surface area contributed by atoms with Crippen molar-refractivity contribution in [2.45, 2.75) is 6.54 Å². The number of carbonyl (C=O) groups is 1. The highest BCUT2D eigenvalue weighted by Gasteiger charge is 2.15. The molecule has 30 heavy (non-hydrogen) atoms. The molecule has 0 saturated carbocycles. The topological polar surface area (TPSA) is 79.9 Å². The Bertz CT molecular complexity index is 1280. The molecule has 6 nitrogen and oxygen atoms in total. The van der Waals surface area contributed by atoms with Crippen LogP contribution in [-0.4, -0.2) is 22.6 Å². The van der Waals surface area contributed by atoms with Gasteiger partial charge in [-0.25, -0.2) is 4.98 Å². The lowest BCUT2D eigenvalue weighted by Gasteiger charge is -2.12. The molecule has 0 spiro atoms. The molecule has 0 aliphatic rings. The van der Waals surface area contributed by atoms with Gasteiger partial charge in [-0.15, -0.1) is 0 Å². The monoisotopic (exact) mass is 416 g/mol. The summed E-state index contributed by atoms with van der Waals surface area (Å²) >= 11 is 6.40. The van der Waals surface area contributed by atoms with E-state index in [1.807, 2.05) is 48.5 Å². The number of amides is 1. The fraction of sp³-hybridized carbons (Fsp3) is 0.0870. The highest BCUT2D eigenvalue weighted by atomic mass is 35.5. The van der Waals surface area contributed by atoms with Gasteiger partial charge in [0.1, 0.15) is 11.4 Å². The van der Waals surface area contributed by atoms with Crippen LogP contribution in [0.25, 0.3) is 22.2 Å². The molecule has 0 aliphatic heterocycles. The van der Waals surface area contributed by atoms with Crippen molar-refractivity contribution in [1.29, 1.82) is 5.26 Å². The number of pyridine rings is 1. The van der Waals surface area contributed by atoms with Crippen LogP contribution in [0, 0.1) is 11.5 Å². The summed E-state index contributed by atoms with van der Waals surface area (Å²) in [4.78, 5) is 16.4. The molecule has 4 aromatic rings. The highest BCUT2D eigenvalue weighted by Crippen LogP contribution is 2.35. The summed E-state index contributed by atoms with van der Waals surface area (Å²) < 4.78 is 7.47. The minimum atomic E-state index is -0.534. The second kappa shape index (κ2) is 8.27. The smallest absolute Gasteiger partial charge is 0.282 e. The maximum atomic E-state index is 12.0. The zero-order chi connectivity index (χ0) is 21.1. The van der Waals surface area contributed by atoms with Crippen LogP contribution in [0.5, 0.6) is 5.75 Å². The van der Waals surface area contributed by atoms with Crippen molar-refractivity contribution in [2.24, 2.45) is 0 Å². The molecule has 0 atom stereocenters. The molecule has 0 saturated heterocycles. The van der Waals surface area contributed by atoms with E-state index in [2.05, 4.69) is 20.9 Å². The van der Waals surface area contributed by atoms with Gasteiger partial charge >= 0.3 is 0 Å². The highest BCUT2D eigenvalue weighted by molar-refractivity contribution is 6.32. The lowest BCUT2D eigenvalue weighted by atomic mass is 10.1. The van der Waals surface area contributed by atoms with Crippen molar-refractivity contribution in [3.63, 3.8) is 0 Å². The third-order valence-corrected chi connectivity index (χ3v) is 5.07. The van der Waals surface area contributed by atoms with Crippen LogP contribution in [0.3, 0.4) is 0 Å². The Kier molecular flexibility index (Phi) is 5.38. The van der Waals surface area contributed by atoms with E-state index in [-0.39, 0.29) is 5.69 Å². The number of hydrogen-bond acceptors (Lipinski definition) is 4. The molecule has 0 unspecified atom stereocenters. The summed E-state index contributed by atoms with van der Waals surface area (Å²) in [6, 6.07) is 21.0. The summed E-state index contributed by atoms with van der Waals surface area (Å²) in [6.45, 7) is 0.421. The van der Waals surface area contributed by atoms with Gasteiger partial charge in [0.2, 0.25) is 0 Å². The predicted octanol–water partition coefficient (Wildman–Crippen LogP) is 4.62. The summed E-state index contributed by atoms with van der Waals surface area (Å²) in [7, 11) is 1.59. The number of benzene rings is 2. The van der Waals surface area contributed by atoms with Gasteiger partial charge < -0.3 is 9.30 Å². The molecule has 0 aliphatic carbocycles. The van der Waals surface area contributed by atoms with E-state index in [9.17, 15) is 4.79 Å². The number of nitriles is 1. The molecule has 0 fully saturated rings. The number of hydrogen-bond donors (Lipinski definition) is 1. The number of carbonyl (C=O) groups excluding carboxylic acids is 1. The van der Waals surface area contributed by atoms with Crippen LogP contribution in [0.1, 0.15) is 16.2 Å². The number of rotatable bonds is 5. The van der Waals surface area contributed by atoms with E-state index in [0.29, 0.717) is 23.0 Å². The minimum absolute atomic E-state index is 0.187. The zero-order valence-corrected chi connectivity index (χ0v) is 16.8. The van der Waals surface area contributed by atoms with Crippen molar-refractivity contribution >= 4 is 28.4 Å². The first-order valence-electron chi connectivity index (χ1n) is 9.18. The van der Waals surface area contributed by atoms with Crippen LogP contribution in [0.15, 0.2) is 66.7 Å². The van der Waals surface area contributed by atoms with Crippen molar-refractivity contribution in [1.82, 2.24) is 14.9 Å². The van der Waals surface area contributed by atoms with Gasteiger partial charge in [-0.1, -0.05) is 48.0 Å². The quantitative estimate of drug-likeness (QED) is 0.380. The predicted molar refractivity (Wildman–Crippen MR) is 115 cm³/mol. The number of ether oxygens (including phenoxy) is 1. The standard InChI is InChI=1S/C23H17ClN4O2/c1-30-22-11-16-10-20(15-6-3-2-4-7-15)28(21(16)12-18(22)24)13-17-8-5-9-19(27-17)23(29)26-14-25/h2-12H,13H2,1H3,(H,26,29). The Morgan fingerprint density at radius 3 is 2.70 bits per heavy atom. The van der Waals surface area contributed by atoms with E-state index in [1.54, 1.807) is 25.4 Å². The van der Waals surface area contributed by atoms with Gasteiger partial charge in [0, 0.05) is 11.1 Å². The first-order chi connectivity index (χ1) is 14.6. The van der Waals surface area contributed by atoms with Crippen molar-refractivity contribution in [2.75, 3.05) is 7.11 Å². The van der Waals surface area contributed by atoms with Crippen molar-refractivity contribution in [3.8, 4) is 23.2 Å². The van der Waals surface area contributed by atoms with Gasteiger partial charge in [0.05, 0.1) is 29.9 Å². The largest absolute Gasteiger partial charge is 0.495 e. The average molecular weight is 417 g/mol. The van der Waals surface area contributed by atoms with Gasteiger partial charge in [0.25, 0.3) is 5.91 Å². The molecule has 2 aromatic heterocycles. The molecule has 0 radical (unpaired) electrons. The number of methoxy groups -OCH3 is 1. The van der Waals surface area contributed by atoms with Gasteiger partial charge in [0.15, 0.2) is 6.19 Å². The van der Waals surface area contributed by atoms with Crippen molar-refractivity contribution < 1.29 is 9.53 Å². The molecule has 0 bridgehead atoms. The molecule has 148 valence electrons. The first-order valence-corrected chi connectivity index (χ1v) is 9.56. The number of halogens is 1. The fourth-order valence-corrected chi connectivity index (χ4v) is 3.64. The number of nitrogens with zero attached hydrogens (tertiary/aromatic N) is 3. The Labute approximate surface area is 178 Å². The third-order valence-electron chi connectivity index (χ3n) is 4.77. The molecule has 1 amide bonds. The SMILES string of the molecule is COc1cc2cc(-c3ccccc3)n(Cc3cccc(C(=O)NC#N)n3)c2cc1Cl. The Morgan fingerprint density at radius 1 is 1.17 bits per heavy atom. The Hall–Kier alpha value is -3.82. The second-order valence-corrected chi connectivity index (χ2v) is 7.01. The third kappa shape index (κ3) is 3.71. The second-order valence-electron chi connectivity index (χ2n) is 6.61. The first kappa shape index (κ1) is 19.5. The molecule has 1 N–H and O–H groups in total. The van der Waals surface area contributed by atoms with Crippen LogP contribution in [0.2, 0.25) is 5.02 Å². The maximum absolute atomic E-state index is 12.0. The summed E-state index contributed by atoms with van der Waals surface area (Å²) in [5.74, 6) is 0.0713. The molecule has 7 heteroatoms. The van der Waals surface area contributed by atoms with Crippen molar-refractivity contribution in [3.05, 3.63) is 83.1 Å². The number of aromatic nitrogens is 2. The van der Waals surface area contributed by atoms with Crippen LogP contribution in [-0.2, 0) is 6.54 Å². The van der Waals surface area contributed by atoms with E-state index in [1.165, 1.54) is 0 Å². The van der Waals surface area contributed by atoms with E-state index in [4.69, 9.17) is 21.6 Å².